The van der Waals surface area contributed by atoms with Gasteiger partial charge < -0.3 is 5.11 Å². The zero-order valence-electron chi connectivity index (χ0n) is 16.6. The molecule has 3 nitrogen and oxygen atoms in total. The highest BCUT2D eigenvalue weighted by atomic mass is 32.2. The van der Waals surface area contributed by atoms with Gasteiger partial charge in [0.15, 0.2) is 0 Å². The maximum atomic E-state index is 11.4. The molecule has 0 fully saturated rings. The van der Waals surface area contributed by atoms with Gasteiger partial charge in [0.2, 0.25) is 0 Å². The highest BCUT2D eigenvalue weighted by molar-refractivity contribution is 7.99. The second kappa shape index (κ2) is 8.83. The van der Waals surface area contributed by atoms with Crippen LogP contribution in [0.1, 0.15) is 57.8 Å². The van der Waals surface area contributed by atoms with E-state index >= 15 is 0 Å². The number of aromatic nitrogens is 1. The first-order chi connectivity index (χ1) is 14.1. The molecular weight excluding hydrogens is 378 g/mol. The lowest BCUT2D eigenvalue weighted by Crippen LogP contribution is -2.12. The average Bonchev–Trinajstić information content (AvgIpc) is 2.72. The number of carboxylic acid groups (broad SMARTS) is 1. The largest absolute Gasteiger partial charge is 0.478 e. The van der Waals surface area contributed by atoms with Crippen LogP contribution in [0.15, 0.2) is 70.7 Å². The summed E-state index contributed by atoms with van der Waals surface area (Å²) in [7, 11) is 0. The van der Waals surface area contributed by atoms with E-state index in [2.05, 4.69) is 54.4 Å². The van der Waals surface area contributed by atoms with Crippen LogP contribution in [0.25, 0.3) is 0 Å². The SMILES string of the molecule is Cc1cccc(Sc2ccc3c(c2)CCCC3CCc2cnccc2C(=O)O)c1. The van der Waals surface area contributed by atoms with Crippen LogP contribution >= 0.6 is 11.8 Å². The topological polar surface area (TPSA) is 50.2 Å². The van der Waals surface area contributed by atoms with Gasteiger partial charge in [-0.05, 0) is 92.0 Å². The second-order valence-corrected chi connectivity index (χ2v) is 8.89. The molecular formula is C25H25NO2S. The van der Waals surface area contributed by atoms with Crippen molar-refractivity contribution in [3.63, 3.8) is 0 Å². The number of nitrogens with zero attached hydrogens (tertiary/aromatic N) is 1. The summed E-state index contributed by atoms with van der Waals surface area (Å²) >= 11 is 1.82. The summed E-state index contributed by atoms with van der Waals surface area (Å²) in [4.78, 5) is 18.1. The van der Waals surface area contributed by atoms with E-state index in [1.807, 2.05) is 11.8 Å². The third kappa shape index (κ3) is 4.70. The predicted molar refractivity (Wildman–Crippen MR) is 117 cm³/mol. The lowest BCUT2D eigenvalue weighted by atomic mass is 9.80. The molecule has 1 aliphatic rings. The Morgan fingerprint density at radius 2 is 2.03 bits per heavy atom. The first-order valence-corrected chi connectivity index (χ1v) is 11.0. The molecule has 4 rings (SSSR count). The summed E-state index contributed by atoms with van der Waals surface area (Å²) in [5.74, 6) is -0.386. The van der Waals surface area contributed by atoms with E-state index < -0.39 is 5.97 Å². The summed E-state index contributed by atoms with van der Waals surface area (Å²) in [5.41, 5.74) is 5.37. The molecule has 0 saturated heterocycles. The number of aryl methyl sites for hydroxylation is 3. The lowest BCUT2D eigenvalue weighted by Gasteiger charge is -2.26. The van der Waals surface area contributed by atoms with Crippen molar-refractivity contribution < 1.29 is 9.90 Å². The van der Waals surface area contributed by atoms with Crippen LogP contribution in [0.3, 0.4) is 0 Å². The van der Waals surface area contributed by atoms with Crippen LogP contribution in [-0.2, 0) is 12.8 Å². The average molecular weight is 404 g/mol. The Balaban J connectivity index is 1.49. The van der Waals surface area contributed by atoms with Crippen molar-refractivity contribution in [1.82, 2.24) is 4.98 Å². The Kier molecular flexibility index (Phi) is 6.00. The number of carbonyl (C=O) groups is 1. The Bertz CT molecular complexity index is 1030. The molecule has 148 valence electrons. The summed E-state index contributed by atoms with van der Waals surface area (Å²) in [5, 5.41) is 9.40. The third-order valence-electron chi connectivity index (χ3n) is 5.67. The Hall–Kier alpha value is -2.59. The van der Waals surface area contributed by atoms with Crippen molar-refractivity contribution in [3.05, 3.63) is 88.7 Å². The van der Waals surface area contributed by atoms with Gasteiger partial charge >= 0.3 is 5.97 Å². The molecule has 4 heteroatoms. The third-order valence-corrected chi connectivity index (χ3v) is 6.65. The van der Waals surface area contributed by atoms with Crippen molar-refractivity contribution in [3.8, 4) is 0 Å². The molecule has 1 atom stereocenters. The molecule has 1 N–H and O–H groups in total. The van der Waals surface area contributed by atoms with Crippen LogP contribution in [-0.4, -0.2) is 16.1 Å². The molecule has 3 aromatic rings. The van der Waals surface area contributed by atoms with Gasteiger partial charge in [0, 0.05) is 22.2 Å². The van der Waals surface area contributed by atoms with E-state index in [0.717, 1.165) is 24.8 Å². The van der Waals surface area contributed by atoms with Crippen LogP contribution in [0.5, 0.6) is 0 Å². The van der Waals surface area contributed by atoms with Crippen molar-refractivity contribution >= 4 is 17.7 Å². The molecule has 1 unspecified atom stereocenters. The zero-order valence-corrected chi connectivity index (χ0v) is 17.4. The monoisotopic (exact) mass is 403 g/mol. The lowest BCUT2D eigenvalue weighted by molar-refractivity contribution is 0.0695. The quantitative estimate of drug-likeness (QED) is 0.525. The van der Waals surface area contributed by atoms with Crippen molar-refractivity contribution in [2.75, 3.05) is 0 Å². The van der Waals surface area contributed by atoms with Gasteiger partial charge in [0.05, 0.1) is 5.56 Å². The summed E-state index contributed by atoms with van der Waals surface area (Å²) in [6.07, 6.45) is 8.45. The number of hydrogen-bond donors (Lipinski definition) is 1. The van der Waals surface area contributed by atoms with Crippen LogP contribution in [0.2, 0.25) is 0 Å². The van der Waals surface area contributed by atoms with Crippen LogP contribution < -0.4 is 0 Å². The van der Waals surface area contributed by atoms with E-state index in [1.54, 1.807) is 18.5 Å². The summed E-state index contributed by atoms with van der Waals surface area (Å²) in [6.45, 7) is 2.12. The fourth-order valence-electron chi connectivity index (χ4n) is 4.23. The minimum atomic E-state index is -0.871. The smallest absolute Gasteiger partial charge is 0.336 e. The van der Waals surface area contributed by atoms with Crippen LogP contribution in [0.4, 0.5) is 0 Å². The van der Waals surface area contributed by atoms with Crippen molar-refractivity contribution in [2.24, 2.45) is 0 Å². The number of fused-ring (bicyclic) bond motifs is 1. The van der Waals surface area contributed by atoms with E-state index in [1.165, 1.54) is 39.3 Å². The maximum Gasteiger partial charge on any atom is 0.336 e. The standard InChI is InChI=1S/C25H25NO2S/c1-17-4-2-7-21(14-17)29-22-10-11-23-18(5-3-6-19(23)15-22)8-9-20-16-26-13-12-24(20)25(27)28/h2,4,7,10-16,18H,3,5-6,8-9H2,1H3,(H,27,28). The van der Waals surface area contributed by atoms with Gasteiger partial charge in [-0.2, -0.15) is 0 Å². The Morgan fingerprint density at radius 3 is 2.86 bits per heavy atom. The first kappa shape index (κ1) is 19.7. The van der Waals surface area contributed by atoms with E-state index in [9.17, 15) is 9.90 Å². The van der Waals surface area contributed by atoms with E-state index in [0.29, 0.717) is 11.5 Å². The number of benzene rings is 2. The maximum absolute atomic E-state index is 11.4. The molecule has 0 bridgehead atoms. The summed E-state index contributed by atoms with van der Waals surface area (Å²) in [6, 6.07) is 17.1. The number of rotatable bonds is 6. The number of aromatic carboxylic acids is 1. The molecule has 1 heterocycles. The highest BCUT2D eigenvalue weighted by Gasteiger charge is 2.21. The van der Waals surface area contributed by atoms with E-state index in [-0.39, 0.29) is 0 Å². The molecule has 2 aromatic carbocycles. The van der Waals surface area contributed by atoms with Crippen LogP contribution in [0, 0.1) is 6.92 Å². The van der Waals surface area contributed by atoms with Gasteiger partial charge in [-0.1, -0.05) is 35.5 Å². The second-order valence-electron chi connectivity index (χ2n) is 7.74. The Labute approximate surface area is 176 Å². The molecule has 0 saturated carbocycles. The first-order valence-electron chi connectivity index (χ1n) is 10.1. The molecule has 0 spiro atoms. The molecule has 1 aromatic heterocycles. The Morgan fingerprint density at radius 1 is 1.17 bits per heavy atom. The number of pyridine rings is 1. The van der Waals surface area contributed by atoms with Gasteiger partial charge in [0.25, 0.3) is 0 Å². The molecule has 0 amide bonds. The normalized spacial score (nSPS) is 15.7. The minimum Gasteiger partial charge on any atom is -0.478 e. The number of hydrogen-bond acceptors (Lipinski definition) is 3. The zero-order chi connectivity index (χ0) is 20.2. The van der Waals surface area contributed by atoms with Gasteiger partial charge in [-0.3, -0.25) is 4.98 Å². The number of carboxylic acids is 1. The molecule has 0 aliphatic heterocycles. The summed E-state index contributed by atoms with van der Waals surface area (Å²) < 4.78 is 0. The fraction of sp³-hybridized carbons (Fsp3) is 0.280. The van der Waals surface area contributed by atoms with Gasteiger partial charge in [-0.25, -0.2) is 4.79 Å². The fourth-order valence-corrected chi connectivity index (χ4v) is 5.24. The highest BCUT2D eigenvalue weighted by Crippen LogP contribution is 2.38. The van der Waals surface area contributed by atoms with Gasteiger partial charge in [-0.15, -0.1) is 0 Å². The van der Waals surface area contributed by atoms with Crippen molar-refractivity contribution in [2.45, 2.75) is 54.7 Å². The molecule has 0 radical (unpaired) electrons. The predicted octanol–water partition coefficient (Wildman–Crippen LogP) is 6.29. The minimum absolute atomic E-state index is 0.376. The van der Waals surface area contributed by atoms with Gasteiger partial charge in [0.1, 0.15) is 0 Å². The van der Waals surface area contributed by atoms with E-state index in [4.69, 9.17) is 0 Å². The molecule has 29 heavy (non-hydrogen) atoms. The van der Waals surface area contributed by atoms with Crippen molar-refractivity contribution in [1.29, 1.82) is 0 Å². The molecule has 1 aliphatic carbocycles.